The van der Waals surface area contributed by atoms with E-state index in [2.05, 4.69) is 6.92 Å². The van der Waals surface area contributed by atoms with E-state index in [1.165, 1.54) is 38.5 Å². The van der Waals surface area contributed by atoms with Crippen molar-refractivity contribution in [2.45, 2.75) is 61.6 Å². The molecule has 4 rings (SSSR count). The van der Waals surface area contributed by atoms with Crippen molar-refractivity contribution < 1.29 is 0 Å². The van der Waals surface area contributed by atoms with Gasteiger partial charge in [-0.15, -0.1) is 23.2 Å². The van der Waals surface area contributed by atoms with Gasteiger partial charge in [-0.1, -0.05) is 13.3 Å². The summed E-state index contributed by atoms with van der Waals surface area (Å²) in [6.07, 6.45) is 8.63. The number of halogens is 2. The Morgan fingerprint density at radius 1 is 1.00 bits per heavy atom. The first-order valence-electron chi connectivity index (χ1n) is 5.85. The van der Waals surface area contributed by atoms with Gasteiger partial charge in [-0.3, -0.25) is 0 Å². The largest absolute Gasteiger partial charge is 0.119 e. The first kappa shape index (κ1) is 9.78. The molecule has 0 aromatic carbocycles. The maximum absolute atomic E-state index is 6.70. The molecule has 0 N–H and O–H groups in total. The highest BCUT2D eigenvalue weighted by molar-refractivity contribution is 6.28. The molecule has 0 aromatic heterocycles. The van der Waals surface area contributed by atoms with Gasteiger partial charge in [-0.2, -0.15) is 0 Å². The van der Waals surface area contributed by atoms with Crippen LogP contribution >= 0.6 is 23.2 Å². The first-order chi connectivity index (χ1) is 6.47. The van der Waals surface area contributed by atoms with Crippen LogP contribution in [-0.4, -0.2) is 9.75 Å². The smallest absolute Gasteiger partial charge is 0.0471 e. The molecule has 4 aliphatic rings. The van der Waals surface area contributed by atoms with Crippen LogP contribution in [0.3, 0.4) is 0 Å². The van der Waals surface area contributed by atoms with Crippen LogP contribution in [0.5, 0.6) is 0 Å². The van der Waals surface area contributed by atoms with E-state index >= 15 is 0 Å². The van der Waals surface area contributed by atoms with Crippen molar-refractivity contribution in [3.8, 4) is 0 Å². The predicted octanol–water partition coefficient (Wildman–Crippen LogP) is 4.34. The third-order valence-corrected chi connectivity index (χ3v) is 5.64. The molecular weight excluding hydrogens is 215 g/mol. The van der Waals surface area contributed by atoms with Crippen LogP contribution in [0.1, 0.15) is 51.9 Å². The van der Waals surface area contributed by atoms with Crippen molar-refractivity contribution in [1.82, 2.24) is 0 Å². The monoisotopic (exact) mass is 232 g/mol. The average Bonchev–Trinajstić information content (AvgIpc) is 1.97. The van der Waals surface area contributed by atoms with Crippen molar-refractivity contribution in [2.24, 2.45) is 11.3 Å². The Kier molecular flexibility index (Phi) is 1.84. The van der Waals surface area contributed by atoms with Gasteiger partial charge in [0.25, 0.3) is 0 Å². The second-order valence-electron chi connectivity index (χ2n) is 6.16. The molecule has 2 atom stereocenters. The van der Waals surface area contributed by atoms with Gasteiger partial charge >= 0.3 is 0 Å². The SMILES string of the molecule is CCC12CC3CC(Cl)(CC(Cl)(C3)C1)C2. The summed E-state index contributed by atoms with van der Waals surface area (Å²) in [5.41, 5.74) is 0.503. The molecule has 2 heteroatoms. The van der Waals surface area contributed by atoms with E-state index in [0.717, 1.165) is 12.3 Å². The van der Waals surface area contributed by atoms with Crippen LogP contribution in [0, 0.1) is 11.3 Å². The third-order valence-electron chi connectivity index (χ3n) is 4.80. The van der Waals surface area contributed by atoms with Crippen molar-refractivity contribution in [2.75, 3.05) is 0 Å². The molecule has 0 radical (unpaired) electrons. The van der Waals surface area contributed by atoms with Crippen LogP contribution < -0.4 is 0 Å². The predicted molar refractivity (Wildman–Crippen MR) is 61.1 cm³/mol. The van der Waals surface area contributed by atoms with Gasteiger partial charge in [-0.05, 0) is 49.9 Å². The average molecular weight is 233 g/mol. The van der Waals surface area contributed by atoms with Crippen molar-refractivity contribution >= 4 is 23.2 Å². The van der Waals surface area contributed by atoms with E-state index in [0.29, 0.717) is 5.41 Å². The molecule has 0 saturated heterocycles. The van der Waals surface area contributed by atoms with Crippen LogP contribution in [-0.2, 0) is 0 Å². The normalized spacial score (nSPS) is 60.6. The fraction of sp³-hybridized carbons (Fsp3) is 1.00. The molecule has 0 heterocycles. The van der Waals surface area contributed by atoms with Crippen molar-refractivity contribution in [3.63, 3.8) is 0 Å². The highest BCUT2D eigenvalue weighted by atomic mass is 35.5. The Morgan fingerprint density at radius 3 is 2.00 bits per heavy atom. The zero-order valence-electron chi connectivity index (χ0n) is 8.78. The lowest BCUT2D eigenvalue weighted by atomic mass is 9.48. The zero-order chi connectivity index (χ0) is 10.0. The summed E-state index contributed by atoms with van der Waals surface area (Å²) in [7, 11) is 0. The molecule has 0 spiro atoms. The Labute approximate surface area is 96.3 Å². The molecule has 4 bridgehead atoms. The van der Waals surface area contributed by atoms with Gasteiger partial charge < -0.3 is 0 Å². The number of hydrogen-bond acceptors (Lipinski definition) is 0. The Bertz CT molecular complexity index is 255. The summed E-state index contributed by atoms with van der Waals surface area (Å²) in [5, 5.41) is 0. The maximum atomic E-state index is 6.70. The molecular formula is C12H18Cl2. The van der Waals surface area contributed by atoms with Gasteiger partial charge in [0.15, 0.2) is 0 Å². The molecule has 0 aromatic rings. The second-order valence-corrected chi connectivity index (χ2v) is 7.77. The molecule has 0 aliphatic heterocycles. The Balaban J connectivity index is 2.01. The lowest BCUT2D eigenvalue weighted by molar-refractivity contribution is -0.0294. The summed E-state index contributed by atoms with van der Waals surface area (Å²) in [6.45, 7) is 2.31. The van der Waals surface area contributed by atoms with Gasteiger partial charge in [0.05, 0.1) is 0 Å². The molecule has 4 aliphatic carbocycles. The molecule has 0 amide bonds. The number of hydrogen-bond donors (Lipinski definition) is 0. The second kappa shape index (κ2) is 2.63. The van der Waals surface area contributed by atoms with Gasteiger partial charge in [-0.25, -0.2) is 0 Å². The van der Waals surface area contributed by atoms with Crippen molar-refractivity contribution in [1.29, 1.82) is 0 Å². The zero-order valence-corrected chi connectivity index (χ0v) is 10.3. The summed E-state index contributed by atoms with van der Waals surface area (Å²) in [5.74, 6) is 0.821. The van der Waals surface area contributed by atoms with E-state index in [1.54, 1.807) is 0 Å². The molecule has 0 nitrogen and oxygen atoms in total. The fourth-order valence-electron chi connectivity index (χ4n) is 4.79. The van der Waals surface area contributed by atoms with Gasteiger partial charge in [0.2, 0.25) is 0 Å². The summed E-state index contributed by atoms with van der Waals surface area (Å²) >= 11 is 13.4. The van der Waals surface area contributed by atoms with Crippen LogP contribution in [0.25, 0.3) is 0 Å². The minimum absolute atomic E-state index is 0.0666. The molecule has 80 valence electrons. The van der Waals surface area contributed by atoms with Crippen LogP contribution in [0.2, 0.25) is 0 Å². The maximum Gasteiger partial charge on any atom is 0.0471 e. The minimum atomic E-state index is 0.0666. The van der Waals surface area contributed by atoms with Gasteiger partial charge in [0.1, 0.15) is 0 Å². The van der Waals surface area contributed by atoms with E-state index in [9.17, 15) is 0 Å². The molecule has 14 heavy (non-hydrogen) atoms. The standard InChI is InChI=1S/C12H18Cl2/c1-2-10-3-9-4-11(13,6-10)8-12(14,5-9)7-10/h9H,2-8H2,1H3. The Morgan fingerprint density at radius 2 is 1.57 bits per heavy atom. The fourth-order valence-corrected chi connectivity index (χ4v) is 6.37. The highest BCUT2D eigenvalue weighted by Gasteiger charge is 2.61. The van der Waals surface area contributed by atoms with Gasteiger partial charge in [0, 0.05) is 9.75 Å². The van der Waals surface area contributed by atoms with E-state index < -0.39 is 0 Å². The van der Waals surface area contributed by atoms with Crippen LogP contribution in [0.15, 0.2) is 0 Å². The minimum Gasteiger partial charge on any atom is -0.119 e. The van der Waals surface area contributed by atoms with E-state index in [1.807, 2.05) is 0 Å². The van der Waals surface area contributed by atoms with Crippen LogP contribution in [0.4, 0.5) is 0 Å². The van der Waals surface area contributed by atoms with Crippen molar-refractivity contribution in [3.05, 3.63) is 0 Å². The van der Waals surface area contributed by atoms with E-state index in [4.69, 9.17) is 23.2 Å². The summed E-state index contributed by atoms with van der Waals surface area (Å²) in [6, 6.07) is 0. The highest BCUT2D eigenvalue weighted by Crippen LogP contribution is 2.67. The quantitative estimate of drug-likeness (QED) is 0.591. The lowest BCUT2D eigenvalue weighted by Crippen LogP contribution is -2.58. The molecule has 2 unspecified atom stereocenters. The lowest BCUT2D eigenvalue weighted by Gasteiger charge is -2.63. The topological polar surface area (TPSA) is 0 Å². The molecule has 4 fully saturated rings. The number of rotatable bonds is 1. The summed E-state index contributed by atoms with van der Waals surface area (Å²) < 4.78 is 0. The third kappa shape index (κ3) is 1.26. The number of alkyl halides is 2. The Hall–Kier alpha value is 0.580. The summed E-state index contributed by atoms with van der Waals surface area (Å²) in [4.78, 5) is 0.133. The first-order valence-corrected chi connectivity index (χ1v) is 6.60. The molecule has 4 saturated carbocycles. The van der Waals surface area contributed by atoms with E-state index in [-0.39, 0.29) is 9.75 Å².